The van der Waals surface area contributed by atoms with Gasteiger partial charge in [-0.05, 0) is 232 Å². The Kier molecular flexibility index (Phi) is 18.7. The van der Waals surface area contributed by atoms with E-state index in [1.54, 1.807) is 0 Å². The minimum Gasteiger partial charge on any atom is -0.310 e. The van der Waals surface area contributed by atoms with Gasteiger partial charge in [-0.2, -0.15) is 0 Å². The van der Waals surface area contributed by atoms with Crippen molar-refractivity contribution in [3.05, 3.63) is 540 Å². The molecule has 0 aliphatic rings. The van der Waals surface area contributed by atoms with Crippen molar-refractivity contribution in [3.8, 4) is 28.2 Å². The van der Waals surface area contributed by atoms with Crippen LogP contribution < -0.4 is 14.7 Å². The van der Waals surface area contributed by atoms with Crippen LogP contribution in [0.4, 0.5) is 51.2 Å². The highest BCUT2D eigenvalue weighted by atomic mass is 15.2. The summed E-state index contributed by atoms with van der Waals surface area (Å²) in [7, 11) is 0. The molecule has 0 amide bonds. The lowest BCUT2D eigenvalue weighted by atomic mass is 9.97. The van der Waals surface area contributed by atoms with Gasteiger partial charge in [0.15, 0.2) is 0 Å². The maximum Gasteiger partial charge on any atom is 0.0642 e. The molecule has 9 heterocycles. The number of aromatic nitrogens is 6. The second-order valence-corrected chi connectivity index (χ2v) is 39.2. The zero-order valence-corrected chi connectivity index (χ0v) is 80.9. The van der Waals surface area contributed by atoms with Crippen LogP contribution in [0.25, 0.3) is 229 Å². The van der Waals surface area contributed by atoms with Crippen molar-refractivity contribution < 1.29 is 0 Å². The van der Waals surface area contributed by atoms with Crippen LogP contribution in [0.5, 0.6) is 0 Å². The minimum absolute atomic E-state index is 1.10. The second kappa shape index (κ2) is 33.3. The fourth-order valence-corrected chi connectivity index (χ4v) is 25.4. The highest BCUT2D eigenvalue weighted by Crippen LogP contribution is 2.54. The summed E-state index contributed by atoms with van der Waals surface area (Å²) >= 11 is 0. The summed E-state index contributed by atoms with van der Waals surface area (Å²) in [4.78, 5) is 7.02. The van der Waals surface area contributed by atoms with E-state index in [0.29, 0.717) is 0 Å². The Labute approximate surface area is 856 Å². The third kappa shape index (κ3) is 12.6. The Morgan fingerprint density at radius 1 is 0.128 bits per heavy atom. The Balaban J connectivity index is 0.000000101. The summed E-state index contributed by atoms with van der Waals surface area (Å²) in [6, 6.07) is 196. The average molecular weight is 1900 g/mol. The third-order valence-electron chi connectivity index (χ3n) is 31.3. The summed E-state index contributed by atoms with van der Waals surface area (Å²) in [5, 5.41) is 28.1. The number of nitrogens with zero attached hydrogens (tertiary/aromatic N) is 9. The number of rotatable bonds is 13. The minimum atomic E-state index is 1.10. The van der Waals surface area contributed by atoms with E-state index in [-0.39, 0.29) is 0 Å². The zero-order chi connectivity index (χ0) is 97.6. The standard InChI is InChI=1S/C48H31N3.2C46H29N3/c1-4-16-32(17-5-1)40-31-41-38-25-11-13-28-43(38)51-42-27-12-10-24-37(42)39-26-15-29-44-45(39)46(48(41)51)47(40)50(44)36-23-14-22-35(30-36)49(33-18-6-2-7-19-33)34-20-8-3-9-21-34;1-3-14-31(15-4-1)47(32-16-5-2-6-17-32)33-18-11-19-34(29-33)48-40-24-12-22-37-36-21-9-10-23-39(36)49-41-27-25-30-13-7-8-20-35(30)43(41)38-26-28-42(48)45(44(37)40)46(38)49;1-3-14-31(15-4-1)47(32-16-5-2-6-17-32)33-18-11-19-34(29-33)48-41-24-12-22-37-36-21-9-10-23-40(36)49-45-35-20-8-7-13-30(35)25-26-38(45)39-27-28-42(48)44(43(37)41)46(39)49/h1-31H;2*1-29H. The van der Waals surface area contributed by atoms with E-state index in [2.05, 4.69) is 582 Å². The molecule has 0 fully saturated rings. The first-order valence-corrected chi connectivity index (χ1v) is 51.3. The lowest BCUT2D eigenvalue weighted by Gasteiger charge is -2.26. The number of fused-ring (bicyclic) bond motifs is 22. The van der Waals surface area contributed by atoms with E-state index in [1.807, 2.05) is 0 Å². The fraction of sp³-hybridized carbons (Fsp3) is 0. The van der Waals surface area contributed by atoms with Gasteiger partial charge in [-0.1, -0.05) is 346 Å². The van der Waals surface area contributed by atoms with Gasteiger partial charge in [-0.15, -0.1) is 0 Å². The van der Waals surface area contributed by atoms with Crippen LogP contribution in [0.1, 0.15) is 0 Å². The molecule has 9 aromatic heterocycles. The van der Waals surface area contributed by atoms with Gasteiger partial charge in [0.05, 0.1) is 82.8 Å². The SMILES string of the molecule is c1ccc(-c2cc3c4ccccc4n4c5ccccc5c5cccc6c5c(c2n6-c2cccc(N(c5ccccc5)c5ccccc5)c2)c34)cc1.c1ccc(N(c2ccccc2)c2cccc(-n3c4cccc5c6ccccc6n6c7c8ccccc8ccc7c7ccc3c(c54)c76)c2)cc1.c1ccc(N(c2ccccc2)c2cccc(-n3c4cccc5c6ccccc6n6c7ccc8ccccc8c7c7ccc3c(c54)c76)c2)cc1. The molecular weight excluding hydrogens is 1810 g/mol. The van der Waals surface area contributed by atoms with E-state index in [1.165, 1.54) is 212 Å². The third-order valence-corrected chi connectivity index (χ3v) is 31.3. The number of hydrogen-bond acceptors (Lipinski definition) is 3. The average Bonchev–Trinajstić information content (AvgIpc) is 1.53. The molecule has 0 spiro atoms. The molecule has 0 aliphatic heterocycles. The maximum absolute atomic E-state index is 2.55. The van der Waals surface area contributed by atoms with Crippen molar-refractivity contribution in [1.82, 2.24) is 26.9 Å². The van der Waals surface area contributed by atoms with Gasteiger partial charge < -0.3 is 41.6 Å². The molecule has 33 rings (SSSR count). The molecule has 0 saturated heterocycles. The molecule has 24 aromatic carbocycles. The van der Waals surface area contributed by atoms with E-state index < -0.39 is 0 Å². The lowest BCUT2D eigenvalue weighted by molar-refractivity contribution is 1.17. The highest BCUT2D eigenvalue weighted by molar-refractivity contribution is 6.39. The van der Waals surface area contributed by atoms with Crippen molar-refractivity contribution in [2.75, 3.05) is 14.7 Å². The molecule has 0 unspecified atom stereocenters. The van der Waals surface area contributed by atoms with Crippen LogP contribution >= 0.6 is 0 Å². The molecule has 0 bridgehead atoms. The lowest BCUT2D eigenvalue weighted by Crippen LogP contribution is -2.10. The summed E-state index contributed by atoms with van der Waals surface area (Å²) in [5.74, 6) is 0. The van der Waals surface area contributed by atoms with E-state index in [9.17, 15) is 0 Å². The Bertz CT molecular complexity index is 10900. The van der Waals surface area contributed by atoms with Crippen LogP contribution in [0.3, 0.4) is 0 Å². The Hall–Kier alpha value is -20.0. The molecule has 0 saturated carbocycles. The van der Waals surface area contributed by atoms with Crippen molar-refractivity contribution in [1.29, 1.82) is 0 Å². The predicted octanol–water partition coefficient (Wildman–Crippen LogP) is 38.2. The van der Waals surface area contributed by atoms with Crippen LogP contribution in [0.2, 0.25) is 0 Å². The molecular formula is C140H89N9. The largest absolute Gasteiger partial charge is 0.310 e. The number of hydrogen-bond donors (Lipinski definition) is 0. The normalized spacial score (nSPS) is 12.0. The number of para-hydroxylation sites is 10. The van der Waals surface area contributed by atoms with E-state index in [0.717, 1.165) is 68.2 Å². The molecule has 694 valence electrons. The Morgan fingerprint density at radius 3 is 0.859 bits per heavy atom. The van der Waals surface area contributed by atoms with Crippen LogP contribution in [0.15, 0.2) is 540 Å². The zero-order valence-electron chi connectivity index (χ0n) is 80.9. The molecule has 149 heavy (non-hydrogen) atoms. The van der Waals surface area contributed by atoms with Crippen molar-refractivity contribution in [2.45, 2.75) is 0 Å². The summed E-state index contributed by atoms with van der Waals surface area (Å²) in [6.07, 6.45) is 0. The van der Waals surface area contributed by atoms with E-state index in [4.69, 9.17) is 0 Å². The first kappa shape index (κ1) is 83.6. The predicted molar refractivity (Wildman–Crippen MR) is 631 cm³/mol. The smallest absolute Gasteiger partial charge is 0.0642 e. The molecule has 0 atom stereocenters. The highest BCUT2D eigenvalue weighted by Gasteiger charge is 2.32. The van der Waals surface area contributed by atoms with Gasteiger partial charge in [-0.25, -0.2) is 0 Å². The molecule has 9 heteroatoms. The second-order valence-electron chi connectivity index (χ2n) is 39.2. The van der Waals surface area contributed by atoms with Gasteiger partial charge in [-0.3, -0.25) is 0 Å². The van der Waals surface area contributed by atoms with Gasteiger partial charge in [0.25, 0.3) is 0 Å². The number of anilines is 9. The first-order chi connectivity index (χ1) is 74.0. The molecule has 0 N–H and O–H groups in total. The Morgan fingerprint density at radius 2 is 0.409 bits per heavy atom. The maximum atomic E-state index is 2.55. The van der Waals surface area contributed by atoms with Crippen LogP contribution in [-0.4, -0.2) is 26.9 Å². The van der Waals surface area contributed by atoms with Gasteiger partial charge in [0.1, 0.15) is 0 Å². The van der Waals surface area contributed by atoms with E-state index >= 15 is 0 Å². The van der Waals surface area contributed by atoms with Gasteiger partial charge in [0, 0.05) is 160 Å². The first-order valence-electron chi connectivity index (χ1n) is 51.3. The van der Waals surface area contributed by atoms with Gasteiger partial charge >= 0.3 is 0 Å². The molecule has 0 aliphatic carbocycles. The van der Waals surface area contributed by atoms with Crippen LogP contribution in [-0.2, 0) is 0 Å². The number of benzene rings is 24. The molecule has 0 radical (unpaired) electrons. The van der Waals surface area contributed by atoms with Crippen LogP contribution in [0, 0.1) is 0 Å². The topological polar surface area (TPSA) is 37.7 Å². The van der Waals surface area contributed by atoms with Crippen molar-refractivity contribution in [2.24, 2.45) is 0 Å². The summed E-state index contributed by atoms with van der Waals surface area (Å²) in [6.45, 7) is 0. The molecule has 9 nitrogen and oxygen atoms in total. The van der Waals surface area contributed by atoms with Crippen molar-refractivity contribution >= 4 is 252 Å². The fourth-order valence-electron chi connectivity index (χ4n) is 25.4. The van der Waals surface area contributed by atoms with Crippen molar-refractivity contribution in [3.63, 3.8) is 0 Å². The monoisotopic (exact) mass is 1900 g/mol. The quantitative estimate of drug-likeness (QED) is 0.115. The van der Waals surface area contributed by atoms with Gasteiger partial charge in [0.2, 0.25) is 0 Å². The summed E-state index contributed by atoms with van der Waals surface area (Å²) in [5.41, 5.74) is 34.3. The summed E-state index contributed by atoms with van der Waals surface area (Å²) < 4.78 is 15.1. The molecule has 33 aromatic rings.